The molecule has 1 aliphatic rings. The Bertz CT molecular complexity index is 339. The molecule has 16 heavy (non-hydrogen) atoms. The molecule has 0 spiro atoms. The highest BCUT2D eigenvalue weighted by atomic mass is 35.5. The van der Waals surface area contributed by atoms with E-state index in [1.54, 1.807) is 0 Å². The molecule has 3 N–H and O–H groups in total. The van der Waals surface area contributed by atoms with Gasteiger partial charge in [0.05, 0.1) is 0 Å². The van der Waals surface area contributed by atoms with Crippen molar-refractivity contribution in [3.05, 3.63) is 28.8 Å². The van der Waals surface area contributed by atoms with Gasteiger partial charge in [-0.05, 0) is 42.7 Å². The smallest absolute Gasteiger partial charge is 0.116 e. The molecule has 1 fully saturated rings. The molecule has 2 rings (SSSR count). The van der Waals surface area contributed by atoms with Crippen LogP contribution in [0.2, 0.25) is 0 Å². The van der Waals surface area contributed by atoms with E-state index in [1.807, 2.05) is 12.1 Å². The lowest BCUT2D eigenvalue weighted by Gasteiger charge is -2.27. The zero-order chi connectivity index (χ0) is 10.8. The van der Waals surface area contributed by atoms with Gasteiger partial charge in [0.2, 0.25) is 0 Å². The summed E-state index contributed by atoms with van der Waals surface area (Å²) in [5.41, 5.74) is 3.64. The van der Waals surface area contributed by atoms with Crippen LogP contribution in [0.5, 0.6) is 5.75 Å². The summed E-state index contributed by atoms with van der Waals surface area (Å²) in [6.45, 7) is 7.11. The van der Waals surface area contributed by atoms with Crippen molar-refractivity contribution in [2.24, 2.45) is 0 Å². The van der Waals surface area contributed by atoms with Gasteiger partial charge in [-0.15, -0.1) is 12.4 Å². The van der Waals surface area contributed by atoms with Crippen molar-refractivity contribution in [1.29, 1.82) is 0 Å². The molecule has 3 nitrogen and oxygen atoms in total. The van der Waals surface area contributed by atoms with E-state index in [0.29, 0.717) is 11.8 Å². The number of piperazine rings is 1. The predicted molar refractivity (Wildman–Crippen MR) is 68.4 cm³/mol. The van der Waals surface area contributed by atoms with Gasteiger partial charge in [0.15, 0.2) is 0 Å². The third-order valence-electron chi connectivity index (χ3n) is 2.97. The van der Waals surface area contributed by atoms with Crippen LogP contribution in [-0.2, 0) is 0 Å². The van der Waals surface area contributed by atoms with Crippen molar-refractivity contribution in [2.75, 3.05) is 19.6 Å². The maximum Gasteiger partial charge on any atom is 0.116 e. The van der Waals surface area contributed by atoms with Gasteiger partial charge < -0.3 is 15.7 Å². The molecule has 4 heteroatoms. The fourth-order valence-corrected chi connectivity index (χ4v) is 2.36. The van der Waals surface area contributed by atoms with Crippen molar-refractivity contribution in [3.63, 3.8) is 0 Å². The molecular weight excluding hydrogens is 224 g/mol. The van der Waals surface area contributed by atoms with Crippen molar-refractivity contribution < 1.29 is 5.11 Å². The van der Waals surface area contributed by atoms with Crippen LogP contribution in [0.15, 0.2) is 12.1 Å². The number of aryl methyl sites for hydroxylation is 2. The van der Waals surface area contributed by atoms with Gasteiger partial charge >= 0.3 is 0 Å². The molecule has 0 unspecified atom stereocenters. The number of nitrogens with one attached hydrogen (secondary N) is 2. The normalized spacial score (nSPS) is 20.2. The van der Waals surface area contributed by atoms with E-state index in [0.717, 1.165) is 30.8 Å². The van der Waals surface area contributed by atoms with Gasteiger partial charge in [0.25, 0.3) is 0 Å². The van der Waals surface area contributed by atoms with Gasteiger partial charge in [-0.25, -0.2) is 0 Å². The molecule has 0 radical (unpaired) electrons. The summed E-state index contributed by atoms with van der Waals surface area (Å²) < 4.78 is 0. The molecule has 1 aromatic rings. The molecule has 90 valence electrons. The Hall–Kier alpha value is -0.770. The first-order valence-electron chi connectivity index (χ1n) is 5.42. The Balaban J connectivity index is 0.00000128. The van der Waals surface area contributed by atoms with Crippen LogP contribution >= 0.6 is 12.4 Å². The Labute approximate surface area is 103 Å². The Morgan fingerprint density at radius 3 is 2.31 bits per heavy atom. The number of phenols is 1. The summed E-state index contributed by atoms with van der Waals surface area (Å²) >= 11 is 0. The summed E-state index contributed by atoms with van der Waals surface area (Å²) in [4.78, 5) is 0. The van der Waals surface area contributed by atoms with E-state index in [1.165, 1.54) is 5.56 Å². The van der Waals surface area contributed by atoms with Crippen LogP contribution in [0.3, 0.4) is 0 Å². The van der Waals surface area contributed by atoms with E-state index in [4.69, 9.17) is 0 Å². The Kier molecular flexibility index (Phi) is 4.59. The van der Waals surface area contributed by atoms with Crippen LogP contribution in [0, 0.1) is 13.8 Å². The minimum atomic E-state index is 0. The molecule has 0 bridgehead atoms. The molecular formula is C12H19ClN2O. The molecule has 0 aliphatic carbocycles. The molecule has 1 atom stereocenters. The summed E-state index contributed by atoms with van der Waals surface area (Å²) in [5, 5.41) is 16.4. The summed E-state index contributed by atoms with van der Waals surface area (Å²) in [6, 6.07) is 4.04. The molecule has 1 aliphatic heterocycles. The fraction of sp³-hybridized carbons (Fsp3) is 0.500. The van der Waals surface area contributed by atoms with Gasteiger partial charge in [-0.1, -0.05) is 0 Å². The Morgan fingerprint density at radius 1 is 1.19 bits per heavy atom. The fourth-order valence-electron chi connectivity index (χ4n) is 2.36. The zero-order valence-electron chi connectivity index (χ0n) is 9.71. The molecule has 0 amide bonds. The highest BCUT2D eigenvalue weighted by molar-refractivity contribution is 5.85. The number of hydrogen-bond acceptors (Lipinski definition) is 3. The first-order chi connectivity index (χ1) is 7.18. The van der Waals surface area contributed by atoms with Crippen LogP contribution in [0.25, 0.3) is 0 Å². The average molecular weight is 243 g/mol. The third kappa shape index (κ3) is 2.67. The predicted octanol–water partition coefficient (Wildman–Crippen LogP) is 1.66. The molecule has 0 saturated carbocycles. The maximum atomic E-state index is 9.48. The quantitative estimate of drug-likeness (QED) is 0.702. The maximum absolute atomic E-state index is 9.48. The molecule has 1 aromatic carbocycles. The van der Waals surface area contributed by atoms with Crippen molar-refractivity contribution in [1.82, 2.24) is 10.6 Å². The number of halogens is 1. The van der Waals surface area contributed by atoms with Gasteiger partial charge in [-0.2, -0.15) is 0 Å². The second-order valence-corrected chi connectivity index (χ2v) is 4.20. The highest BCUT2D eigenvalue weighted by Crippen LogP contribution is 2.26. The van der Waals surface area contributed by atoms with Crippen LogP contribution in [0.4, 0.5) is 0 Å². The van der Waals surface area contributed by atoms with E-state index in [9.17, 15) is 5.11 Å². The first-order valence-corrected chi connectivity index (χ1v) is 5.42. The van der Waals surface area contributed by atoms with Crippen LogP contribution in [-0.4, -0.2) is 24.7 Å². The van der Waals surface area contributed by atoms with E-state index >= 15 is 0 Å². The van der Waals surface area contributed by atoms with Crippen molar-refractivity contribution in [3.8, 4) is 5.75 Å². The largest absolute Gasteiger partial charge is 0.508 e. The van der Waals surface area contributed by atoms with Crippen molar-refractivity contribution >= 4 is 12.4 Å². The molecule has 0 aromatic heterocycles. The number of rotatable bonds is 1. The minimum Gasteiger partial charge on any atom is -0.508 e. The lowest BCUT2D eigenvalue weighted by atomic mass is 9.95. The van der Waals surface area contributed by atoms with E-state index in [-0.39, 0.29) is 12.4 Å². The van der Waals surface area contributed by atoms with Gasteiger partial charge in [0, 0.05) is 25.7 Å². The number of phenolic OH excluding ortho intramolecular Hbond substituents is 1. The van der Waals surface area contributed by atoms with E-state index < -0.39 is 0 Å². The van der Waals surface area contributed by atoms with E-state index in [2.05, 4.69) is 24.5 Å². The lowest BCUT2D eigenvalue weighted by Crippen LogP contribution is -2.43. The van der Waals surface area contributed by atoms with Gasteiger partial charge in [0.1, 0.15) is 5.75 Å². The monoisotopic (exact) mass is 242 g/mol. The van der Waals surface area contributed by atoms with Crippen LogP contribution in [0.1, 0.15) is 22.7 Å². The number of hydrogen-bond donors (Lipinski definition) is 3. The molecule has 1 heterocycles. The average Bonchev–Trinajstić information content (AvgIpc) is 2.17. The summed E-state index contributed by atoms with van der Waals surface area (Å²) in [6.07, 6.45) is 0. The van der Waals surface area contributed by atoms with Gasteiger partial charge in [-0.3, -0.25) is 0 Å². The Morgan fingerprint density at radius 2 is 1.81 bits per heavy atom. The lowest BCUT2D eigenvalue weighted by molar-refractivity contribution is 0.426. The highest BCUT2D eigenvalue weighted by Gasteiger charge is 2.18. The summed E-state index contributed by atoms with van der Waals surface area (Å²) in [7, 11) is 0. The standard InChI is InChI=1S/C12H18N2O.ClH/c1-8-5-10(15)6-9(2)12(8)11-7-13-3-4-14-11;/h5-6,11,13-15H,3-4,7H2,1-2H3;1H/t11-;/m0./s1. The number of aromatic hydroxyl groups is 1. The SMILES string of the molecule is Cc1cc(O)cc(C)c1[C@@H]1CNCCN1.Cl. The number of benzene rings is 1. The summed E-state index contributed by atoms with van der Waals surface area (Å²) in [5.74, 6) is 0.359. The second-order valence-electron chi connectivity index (χ2n) is 4.20. The first kappa shape index (κ1) is 13.3. The topological polar surface area (TPSA) is 44.3 Å². The van der Waals surface area contributed by atoms with Crippen LogP contribution < -0.4 is 10.6 Å². The van der Waals surface area contributed by atoms with Crippen molar-refractivity contribution in [2.45, 2.75) is 19.9 Å². The molecule has 1 saturated heterocycles. The minimum absolute atomic E-state index is 0. The second kappa shape index (κ2) is 5.53. The zero-order valence-corrected chi connectivity index (χ0v) is 10.5. The third-order valence-corrected chi connectivity index (χ3v) is 2.97.